The molecule has 0 atom stereocenters. The number of benzene rings is 1. The third-order valence-corrected chi connectivity index (χ3v) is 4.21. The van der Waals surface area contributed by atoms with E-state index in [1.807, 2.05) is 0 Å². The van der Waals surface area contributed by atoms with Crippen LogP contribution in [0.4, 0.5) is 10.1 Å². The number of ether oxygens (including phenoxy) is 1. The second kappa shape index (κ2) is 7.90. The first kappa shape index (κ1) is 18.4. The molecule has 1 aromatic heterocycles. The summed E-state index contributed by atoms with van der Waals surface area (Å²) in [5, 5.41) is 0. The van der Waals surface area contributed by atoms with Gasteiger partial charge in [0.1, 0.15) is 5.82 Å². The number of halogens is 1. The van der Waals surface area contributed by atoms with E-state index >= 15 is 0 Å². The lowest BCUT2D eigenvalue weighted by Crippen LogP contribution is -2.51. The topological polar surface area (TPSA) is 106 Å². The molecule has 3 rings (SSSR count). The molecular weight excluding hydrogens is 357 g/mol. The average Bonchev–Trinajstić information content (AvgIpc) is 3.20. The fourth-order valence-electron chi connectivity index (χ4n) is 2.73. The van der Waals surface area contributed by atoms with Gasteiger partial charge in [-0.15, -0.1) is 0 Å². The fourth-order valence-corrected chi connectivity index (χ4v) is 2.73. The van der Waals surface area contributed by atoms with Gasteiger partial charge in [-0.1, -0.05) is 0 Å². The lowest BCUT2D eigenvalue weighted by molar-refractivity contribution is -0.136. The van der Waals surface area contributed by atoms with Crippen molar-refractivity contribution in [3.8, 4) is 0 Å². The number of carbonyl (C=O) groups excluding carboxylic acids is 3. The van der Waals surface area contributed by atoms with Crippen LogP contribution in [0.15, 0.2) is 41.0 Å². The van der Waals surface area contributed by atoms with Gasteiger partial charge in [-0.25, -0.2) is 9.18 Å². The largest absolute Gasteiger partial charge is 0.459 e. The highest BCUT2D eigenvalue weighted by Gasteiger charge is 2.26. The molecule has 1 aliphatic heterocycles. The molecule has 0 bridgehead atoms. The number of hydrogen-bond acceptors (Lipinski definition) is 6. The van der Waals surface area contributed by atoms with Gasteiger partial charge in [0.15, 0.2) is 12.4 Å². The Bertz CT molecular complexity index is 845. The second-order valence-corrected chi connectivity index (χ2v) is 5.96. The first-order valence-corrected chi connectivity index (χ1v) is 8.28. The van der Waals surface area contributed by atoms with E-state index in [4.69, 9.17) is 14.9 Å². The highest BCUT2D eigenvalue weighted by atomic mass is 19.1. The lowest BCUT2D eigenvalue weighted by atomic mass is 10.2. The van der Waals surface area contributed by atoms with Crippen molar-refractivity contribution in [3.05, 3.63) is 53.7 Å². The first-order valence-electron chi connectivity index (χ1n) is 8.28. The smallest absolute Gasteiger partial charge is 0.340 e. The van der Waals surface area contributed by atoms with Gasteiger partial charge in [-0.05, 0) is 30.3 Å². The minimum absolute atomic E-state index is 0.00179. The molecule has 2 heterocycles. The van der Waals surface area contributed by atoms with Crippen LogP contribution in [0.5, 0.6) is 0 Å². The van der Waals surface area contributed by atoms with Crippen molar-refractivity contribution in [2.45, 2.75) is 0 Å². The number of nitrogen functional groups attached to an aromatic ring is 1. The molecule has 1 aliphatic rings. The quantitative estimate of drug-likeness (QED) is 0.635. The summed E-state index contributed by atoms with van der Waals surface area (Å²) in [6.45, 7) is 0.888. The minimum atomic E-state index is -0.799. The SMILES string of the molecule is Nc1cc(F)ccc1C(=O)OCC(=O)N1CCN(C(=O)c2ccco2)CC1. The Balaban J connectivity index is 1.48. The Kier molecular flexibility index (Phi) is 5.39. The molecule has 27 heavy (non-hydrogen) atoms. The van der Waals surface area contributed by atoms with Crippen molar-refractivity contribution >= 4 is 23.5 Å². The van der Waals surface area contributed by atoms with Crippen LogP contribution in [-0.4, -0.2) is 60.4 Å². The van der Waals surface area contributed by atoms with E-state index in [2.05, 4.69) is 0 Å². The number of hydrogen-bond donors (Lipinski definition) is 1. The van der Waals surface area contributed by atoms with Gasteiger partial charge >= 0.3 is 5.97 Å². The summed E-state index contributed by atoms with van der Waals surface area (Å²) in [5.74, 6) is -1.73. The number of furan rings is 1. The maximum atomic E-state index is 13.0. The average molecular weight is 375 g/mol. The number of anilines is 1. The molecule has 0 spiro atoms. The molecule has 2 N–H and O–H groups in total. The van der Waals surface area contributed by atoms with E-state index in [0.717, 1.165) is 12.1 Å². The number of nitrogens with zero attached hydrogens (tertiary/aromatic N) is 2. The normalized spacial score (nSPS) is 14.1. The molecule has 8 nitrogen and oxygen atoms in total. The fraction of sp³-hybridized carbons (Fsp3) is 0.278. The van der Waals surface area contributed by atoms with E-state index in [1.54, 1.807) is 17.0 Å². The summed E-state index contributed by atoms with van der Waals surface area (Å²) in [5.41, 5.74) is 5.51. The third kappa shape index (κ3) is 4.25. The summed E-state index contributed by atoms with van der Waals surface area (Å²) >= 11 is 0. The first-order chi connectivity index (χ1) is 13.0. The van der Waals surface area contributed by atoms with Crippen LogP contribution in [0.1, 0.15) is 20.9 Å². The highest BCUT2D eigenvalue weighted by Crippen LogP contribution is 2.15. The summed E-state index contributed by atoms with van der Waals surface area (Å²) in [6, 6.07) is 6.52. The molecule has 0 aliphatic carbocycles. The summed E-state index contributed by atoms with van der Waals surface area (Å²) < 4.78 is 23.1. The summed E-state index contributed by atoms with van der Waals surface area (Å²) in [4.78, 5) is 39.5. The predicted octanol–water partition coefficient (Wildman–Crippen LogP) is 1.14. The van der Waals surface area contributed by atoms with Gasteiger partial charge in [0.25, 0.3) is 11.8 Å². The zero-order valence-corrected chi connectivity index (χ0v) is 14.4. The molecule has 1 fully saturated rings. The second-order valence-electron chi connectivity index (χ2n) is 5.96. The molecule has 1 aromatic carbocycles. The number of carbonyl (C=O) groups is 3. The van der Waals surface area contributed by atoms with Crippen LogP contribution in [-0.2, 0) is 9.53 Å². The number of esters is 1. The van der Waals surface area contributed by atoms with Crippen LogP contribution in [0, 0.1) is 5.82 Å². The number of piperazine rings is 1. The number of amides is 2. The molecule has 142 valence electrons. The molecule has 0 saturated carbocycles. The summed E-state index contributed by atoms with van der Waals surface area (Å²) in [6.07, 6.45) is 1.43. The molecule has 0 radical (unpaired) electrons. The van der Waals surface area contributed by atoms with E-state index in [-0.39, 0.29) is 28.8 Å². The van der Waals surface area contributed by atoms with Crippen LogP contribution in [0.3, 0.4) is 0 Å². The molecule has 2 aromatic rings. The van der Waals surface area contributed by atoms with Crippen molar-refractivity contribution < 1.29 is 27.9 Å². The summed E-state index contributed by atoms with van der Waals surface area (Å²) in [7, 11) is 0. The molecular formula is C18H18FN3O5. The highest BCUT2D eigenvalue weighted by molar-refractivity contribution is 5.96. The minimum Gasteiger partial charge on any atom is -0.459 e. The molecule has 2 amide bonds. The third-order valence-electron chi connectivity index (χ3n) is 4.21. The van der Waals surface area contributed by atoms with Gasteiger partial charge in [0.05, 0.1) is 11.8 Å². The van der Waals surface area contributed by atoms with E-state index in [9.17, 15) is 18.8 Å². The lowest BCUT2D eigenvalue weighted by Gasteiger charge is -2.34. The van der Waals surface area contributed by atoms with Crippen LogP contribution < -0.4 is 5.73 Å². The van der Waals surface area contributed by atoms with Crippen molar-refractivity contribution in [2.75, 3.05) is 38.5 Å². The number of rotatable bonds is 4. The van der Waals surface area contributed by atoms with Gasteiger partial charge in [-0.3, -0.25) is 9.59 Å². The van der Waals surface area contributed by atoms with E-state index in [1.165, 1.54) is 17.2 Å². The monoisotopic (exact) mass is 375 g/mol. The standard InChI is InChI=1S/C18H18FN3O5/c19-12-3-4-13(14(20)10-12)18(25)27-11-16(23)21-5-7-22(8-6-21)17(24)15-2-1-9-26-15/h1-4,9-10H,5-8,11,20H2. The van der Waals surface area contributed by atoms with Gasteiger partial charge in [0.2, 0.25) is 0 Å². The molecule has 1 saturated heterocycles. The Hall–Kier alpha value is -3.36. The number of nitrogens with two attached hydrogens (primary N) is 1. The zero-order chi connectivity index (χ0) is 19.4. The van der Waals surface area contributed by atoms with Crippen molar-refractivity contribution in [2.24, 2.45) is 0 Å². The maximum absolute atomic E-state index is 13.0. The van der Waals surface area contributed by atoms with Crippen LogP contribution >= 0.6 is 0 Å². The van der Waals surface area contributed by atoms with Gasteiger partial charge in [0, 0.05) is 31.9 Å². The van der Waals surface area contributed by atoms with Gasteiger partial charge in [-0.2, -0.15) is 0 Å². The van der Waals surface area contributed by atoms with E-state index in [0.29, 0.717) is 26.2 Å². The van der Waals surface area contributed by atoms with Crippen molar-refractivity contribution in [1.82, 2.24) is 9.80 Å². The maximum Gasteiger partial charge on any atom is 0.340 e. The Labute approximate surface area is 154 Å². The van der Waals surface area contributed by atoms with Crippen molar-refractivity contribution in [3.63, 3.8) is 0 Å². The Morgan fingerprint density at radius 2 is 1.81 bits per heavy atom. The van der Waals surface area contributed by atoms with Crippen molar-refractivity contribution in [1.29, 1.82) is 0 Å². The molecule has 0 unspecified atom stereocenters. The van der Waals surface area contributed by atoms with Crippen LogP contribution in [0.25, 0.3) is 0 Å². The van der Waals surface area contributed by atoms with E-state index < -0.39 is 18.4 Å². The van der Waals surface area contributed by atoms with Crippen LogP contribution in [0.2, 0.25) is 0 Å². The Morgan fingerprint density at radius 3 is 2.44 bits per heavy atom. The Morgan fingerprint density at radius 1 is 1.11 bits per heavy atom. The predicted molar refractivity (Wildman–Crippen MR) is 92.3 cm³/mol. The molecule has 9 heteroatoms. The zero-order valence-electron chi connectivity index (χ0n) is 14.4. The van der Waals surface area contributed by atoms with Gasteiger partial charge < -0.3 is 24.7 Å².